The molecule has 0 aliphatic carbocycles. The molecule has 0 saturated carbocycles. The second-order valence-corrected chi connectivity index (χ2v) is 10.3. The van der Waals surface area contributed by atoms with Crippen molar-refractivity contribution in [2.75, 3.05) is 14.2 Å². The van der Waals surface area contributed by atoms with Crippen molar-refractivity contribution in [1.29, 1.82) is 0 Å². The van der Waals surface area contributed by atoms with Gasteiger partial charge in [0, 0.05) is 6.42 Å². The Labute approximate surface area is 233 Å². The number of hydrogen-bond donors (Lipinski definition) is 5. The quantitative estimate of drug-likeness (QED) is 0.152. The number of carbonyl (C=O) groups excluding carboxylic acids is 3. The molecule has 2 rings (SSSR count). The van der Waals surface area contributed by atoms with Crippen molar-refractivity contribution in [2.24, 2.45) is 11.5 Å². The van der Waals surface area contributed by atoms with Gasteiger partial charge in [-0.3, -0.25) is 10.0 Å². The molecule has 0 aliphatic heterocycles. The zero-order valence-corrected chi connectivity index (χ0v) is 25.1. The van der Waals surface area contributed by atoms with Crippen LogP contribution in [0.2, 0.25) is 11.6 Å². The number of esters is 1. The fourth-order valence-corrected chi connectivity index (χ4v) is 2.68. The predicted octanol–water partition coefficient (Wildman–Crippen LogP) is 2.45. The van der Waals surface area contributed by atoms with E-state index in [9.17, 15) is 14.4 Å². The van der Waals surface area contributed by atoms with E-state index in [2.05, 4.69) is 22.6 Å². The number of alkyl carbamates (subject to hydrolysis) is 1. The molecule has 2 atom stereocenters. The van der Waals surface area contributed by atoms with Crippen molar-refractivity contribution in [3.8, 4) is 0 Å². The van der Waals surface area contributed by atoms with E-state index in [1.165, 1.54) is 19.6 Å². The maximum absolute atomic E-state index is 11.7. The number of benzene rings is 2. The fourth-order valence-electron chi connectivity index (χ4n) is 2.68. The van der Waals surface area contributed by atoms with E-state index >= 15 is 0 Å². The molecular weight excluding hydrogens is 503 g/mol. The highest BCUT2D eigenvalue weighted by molar-refractivity contribution is 6.31. The van der Waals surface area contributed by atoms with Crippen LogP contribution in [0.15, 0.2) is 60.7 Å². The van der Waals surface area contributed by atoms with Gasteiger partial charge in [-0.2, -0.15) is 0 Å². The minimum atomic E-state index is -0.766. The highest BCUT2D eigenvalue weighted by Gasteiger charge is 2.25. The molecular formula is C27H45AlN4O6. The van der Waals surface area contributed by atoms with Gasteiger partial charge in [0.25, 0.3) is 5.91 Å². The van der Waals surface area contributed by atoms with Crippen molar-refractivity contribution in [3.63, 3.8) is 0 Å². The Morgan fingerprint density at radius 3 is 1.71 bits per heavy atom. The molecule has 10 nitrogen and oxygen atoms in total. The monoisotopic (exact) mass is 548 g/mol. The molecule has 0 bridgehead atoms. The number of rotatable bonds is 7. The van der Waals surface area contributed by atoms with Crippen molar-refractivity contribution in [1.82, 2.24) is 10.8 Å². The Morgan fingerprint density at radius 2 is 1.34 bits per heavy atom. The summed E-state index contributed by atoms with van der Waals surface area (Å²) >= 11 is 0.417. The Morgan fingerprint density at radius 1 is 0.921 bits per heavy atom. The van der Waals surface area contributed by atoms with Gasteiger partial charge in [-0.25, -0.2) is 15.1 Å². The summed E-state index contributed by atoms with van der Waals surface area (Å²) in [6, 6.07) is 17.3. The van der Waals surface area contributed by atoms with Crippen LogP contribution in [0.4, 0.5) is 4.79 Å². The number of methoxy groups -OCH3 is 1. The van der Waals surface area contributed by atoms with Crippen molar-refractivity contribution in [2.45, 2.75) is 62.9 Å². The van der Waals surface area contributed by atoms with Gasteiger partial charge in [0.2, 0.25) is 15.2 Å². The molecule has 0 heterocycles. The van der Waals surface area contributed by atoms with E-state index in [1.807, 2.05) is 60.7 Å². The van der Waals surface area contributed by atoms with Gasteiger partial charge >= 0.3 is 12.1 Å². The Bertz CT molecular complexity index is 895. The molecule has 0 aliphatic rings. The zero-order valence-electron chi connectivity index (χ0n) is 23.7. The Balaban J connectivity index is 0. The average Bonchev–Trinajstić information content (AvgIpc) is 2.89. The summed E-state index contributed by atoms with van der Waals surface area (Å²) in [5.41, 5.74) is 12.8. The second kappa shape index (κ2) is 22.1. The first-order chi connectivity index (χ1) is 18.0. The molecule has 0 aromatic heterocycles. The molecule has 0 fully saturated rings. The largest absolute Gasteiger partial charge is 0.467 e. The van der Waals surface area contributed by atoms with Gasteiger partial charge in [0.15, 0.2) is 0 Å². The summed E-state index contributed by atoms with van der Waals surface area (Å²) in [5, 5.41) is 10.8. The van der Waals surface area contributed by atoms with Gasteiger partial charge in [-0.15, -0.1) is 11.6 Å². The van der Waals surface area contributed by atoms with Gasteiger partial charge in [0.1, 0.15) is 11.6 Å². The van der Waals surface area contributed by atoms with Crippen LogP contribution in [0, 0.1) is 0 Å². The molecule has 0 saturated heterocycles. The van der Waals surface area contributed by atoms with Gasteiger partial charge in [-0.05, 0) is 45.4 Å². The number of hydrogen-bond acceptors (Lipinski definition) is 8. The van der Waals surface area contributed by atoms with Crippen molar-refractivity contribution >= 4 is 33.2 Å². The summed E-state index contributed by atoms with van der Waals surface area (Å²) in [5.74, 6) is 3.46. The first-order valence-corrected chi connectivity index (χ1v) is 15.2. The highest BCUT2D eigenvalue weighted by Crippen LogP contribution is 2.09. The van der Waals surface area contributed by atoms with Crippen molar-refractivity contribution in [3.05, 3.63) is 71.8 Å². The van der Waals surface area contributed by atoms with E-state index < -0.39 is 35.7 Å². The topological polar surface area (TPSA) is 166 Å². The molecule has 212 valence electrons. The molecule has 0 spiro atoms. The maximum atomic E-state index is 11.7. The van der Waals surface area contributed by atoms with Crippen LogP contribution in [0.1, 0.15) is 31.9 Å². The van der Waals surface area contributed by atoms with E-state index in [-0.39, 0.29) is 0 Å². The Kier molecular flexibility index (Phi) is 21.6. The third-order valence-electron chi connectivity index (χ3n) is 4.20. The summed E-state index contributed by atoms with van der Waals surface area (Å²) in [4.78, 5) is 34.3. The van der Waals surface area contributed by atoms with Crippen LogP contribution in [0.25, 0.3) is 0 Å². The number of amides is 2. The molecule has 2 amide bonds. The SMILES string of the molecule is CN.COC(=O)[C@H](Cc1ccccc1)NC(=O)OC(C)(C)C.N[C@@H](Cc1ccccc1)C(=O)NO.[CH3][AlH][CH3]. The molecule has 2 aromatic rings. The summed E-state index contributed by atoms with van der Waals surface area (Å²) in [7, 11) is 2.79. The fraction of sp³-hybridized carbons (Fsp3) is 0.444. The molecule has 11 heteroatoms. The van der Waals surface area contributed by atoms with E-state index in [4.69, 9.17) is 20.4 Å². The minimum absolute atomic E-state index is 0.354. The van der Waals surface area contributed by atoms with Gasteiger partial charge < -0.3 is 26.3 Å². The number of carbonyl (C=O) groups is 3. The van der Waals surface area contributed by atoms with Crippen LogP contribution in [0.3, 0.4) is 0 Å². The summed E-state index contributed by atoms with van der Waals surface area (Å²) in [6.45, 7) is 5.28. The predicted molar refractivity (Wildman–Crippen MR) is 152 cm³/mol. The number of hydroxylamine groups is 1. The summed E-state index contributed by atoms with van der Waals surface area (Å²) < 4.78 is 9.85. The highest BCUT2D eigenvalue weighted by atomic mass is 27.1. The average molecular weight is 549 g/mol. The van der Waals surface area contributed by atoms with Crippen LogP contribution >= 0.6 is 0 Å². The maximum Gasteiger partial charge on any atom is 0.408 e. The molecule has 2 aromatic carbocycles. The molecule has 0 unspecified atom stereocenters. The number of ether oxygens (including phenoxy) is 2. The molecule has 0 radical (unpaired) electrons. The first-order valence-electron chi connectivity index (χ1n) is 12.4. The lowest BCUT2D eigenvalue weighted by Crippen LogP contribution is -2.45. The molecule has 38 heavy (non-hydrogen) atoms. The third-order valence-corrected chi connectivity index (χ3v) is 4.20. The Hall–Kier alpha value is -2.94. The first kappa shape index (κ1) is 37.2. The van der Waals surface area contributed by atoms with Crippen LogP contribution in [-0.2, 0) is 31.9 Å². The minimum Gasteiger partial charge on any atom is -0.467 e. The number of nitrogens with two attached hydrogens (primary N) is 2. The van der Waals surface area contributed by atoms with Crippen LogP contribution in [-0.4, -0.2) is 70.2 Å². The van der Waals surface area contributed by atoms with Crippen LogP contribution < -0.4 is 22.3 Å². The normalized spacial score (nSPS) is 11.2. The second-order valence-electron chi connectivity index (χ2n) is 8.89. The lowest BCUT2D eigenvalue weighted by molar-refractivity contribution is -0.143. The zero-order chi connectivity index (χ0) is 29.6. The van der Waals surface area contributed by atoms with E-state index in [0.717, 1.165) is 11.1 Å². The van der Waals surface area contributed by atoms with E-state index in [1.54, 1.807) is 20.8 Å². The lowest BCUT2D eigenvalue weighted by atomic mass is 10.1. The van der Waals surface area contributed by atoms with Gasteiger partial charge in [0.05, 0.1) is 13.2 Å². The summed E-state index contributed by atoms with van der Waals surface area (Å²) in [6.07, 6.45) is 0.142. The van der Waals surface area contributed by atoms with E-state index in [0.29, 0.717) is 28.1 Å². The smallest absolute Gasteiger partial charge is 0.408 e. The van der Waals surface area contributed by atoms with Gasteiger partial charge in [-0.1, -0.05) is 60.7 Å². The standard InChI is InChI=1S/C15H21NO4.C9H12N2O2.CH5N.2CH3.Al.H/c1-15(2,3)20-14(18)16-12(13(17)19-4)10-11-8-6-5-7-9-11;10-8(9(12)11-13)6-7-4-2-1-3-5-7;1-2;;;;/h5-9,12H,10H2,1-4H3,(H,16,18);1-5,8,13H,6,10H2,(H,11,12);2H2,1H3;2*1H3;;/t12-;8-;;;;;/m00...../s1. The lowest BCUT2D eigenvalue weighted by Gasteiger charge is -2.22. The van der Waals surface area contributed by atoms with Crippen LogP contribution in [0.5, 0.6) is 0 Å². The number of nitrogens with one attached hydrogen (secondary N) is 2. The van der Waals surface area contributed by atoms with Crippen molar-refractivity contribution < 1.29 is 29.1 Å². The third kappa shape index (κ3) is 19.2. The molecule has 7 N–H and O–H groups in total.